The molecule has 0 unspecified atom stereocenters. The van der Waals surface area contributed by atoms with E-state index in [1.165, 1.54) is 55.5 Å². The van der Waals surface area contributed by atoms with Gasteiger partial charge >= 0.3 is 5.97 Å². The molecule has 37 nitrogen and oxygen atoms in total. The van der Waals surface area contributed by atoms with E-state index >= 15 is 0 Å². The van der Waals surface area contributed by atoms with Crippen LogP contribution >= 0.6 is 0 Å². The number of nitrogens with zero attached hydrogens (tertiary/aromatic N) is 2. The minimum Gasteiger partial charge on any atom is -0.508 e. The number of nitrogens with one attached hydrogen (secondary N) is 13. The molecule has 0 aliphatic carbocycles. The molecule has 22 N–H and O–H groups in total. The Hall–Kier alpha value is -9.88. The Labute approximate surface area is 571 Å². The van der Waals surface area contributed by atoms with Crippen LogP contribution in [0, 0.1) is 17.8 Å². The summed E-state index contributed by atoms with van der Waals surface area (Å²) in [6, 6.07) is -12.0. The largest absolute Gasteiger partial charge is 0.508 e. The third-order valence-electron chi connectivity index (χ3n) is 16.6. The maximum Gasteiger partial charge on any atom is 0.328 e. The van der Waals surface area contributed by atoms with E-state index in [4.69, 9.17) is 11.5 Å². The molecule has 1 saturated heterocycles. The van der Waals surface area contributed by atoms with Crippen molar-refractivity contribution in [1.29, 1.82) is 0 Å². The molecule has 0 radical (unpaired) electrons. The van der Waals surface area contributed by atoms with Crippen LogP contribution in [0.4, 0.5) is 0 Å². The van der Waals surface area contributed by atoms with Crippen molar-refractivity contribution in [1.82, 2.24) is 78.7 Å². The topological polar surface area (TPSA) is 586 Å². The first kappa shape index (κ1) is 83.3. The predicted molar refractivity (Wildman–Crippen MR) is 349 cm³/mol. The number of likely N-dealkylation sites (tertiary alicyclic amines) is 1. The molecule has 2 aromatic rings. The van der Waals surface area contributed by atoms with E-state index < -0.39 is 218 Å². The van der Waals surface area contributed by atoms with Gasteiger partial charge in [-0.3, -0.25) is 67.1 Å². The lowest BCUT2D eigenvalue weighted by atomic mass is 9.96. The van der Waals surface area contributed by atoms with Crippen LogP contribution in [0.2, 0.25) is 0 Å². The van der Waals surface area contributed by atoms with Crippen LogP contribution in [-0.2, 0) is 84.8 Å². The van der Waals surface area contributed by atoms with Crippen molar-refractivity contribution in [2.75, 3.05) is 32.8 Å². The Bertz CT molecular complexity index is 3140. The predicted octanol–water partition coefficient (Wildman–Crippen LogP) is -7.20. The van der Waals surface area contributed by atoms with Crippen molar-refractivity contribution >= 4 is 88.7 Å². The Morgan fingerprint density at radius 3 is 1.60 bits per heavy atom. The van der Waals surface area contributed by atoms with Crippen LogP contribution in [0.1, 0.15) is 112 Å². The standard InChI is InChI=1S/C62H97N17O20/c1-10-29(4)47(76-57(93)43-14-13-19-79(43)61(97)49(31(6)12-3)77-53(89)38(63)22-44(64)84)58(94)67-24-45(85)69-32(7)51(87)66-25-46(86)75-48(30(5)11-2)59(95)73-41(26-80)56(92)70-33(8)52(88)71-39(20-35-15-17-37(83)18-16-35)54(90)72-40(21-36-23-65-28-68-36)55(91)78-50(34(9)82)60(96)74-42(27-81)62(98)99/h15-18,23,28-34,38-43,47-50,80-83H,10-14,19-22,24-27,63H2,1-9H3,(H2,64,84)(H,65,68)(H,66,87)(H,67,94)(H,69,85)(H,70,92)(H,71,88)(H,72,90)(H,73,95)(H,74,96)(H,75,86)(H,76,93)(H,77,89)(H,78,91)(H,98,99)/t29-,30-,31-,32-,33-,34+,38-,39-,40-,41-,42-,43-,47-,48-,49-,50-/m0/s1. The number of hydrogen-bond donors (Lipinski definition) is 20. The fourth-order valence-electron chi connectivity index (χ4n) is 9.98. The number of aromatic nitrogens is 2. The van der Waals surface area contributed by atoms with Crippen LogP contribution in [0.25, 0.3) is 0 Å². The molecule has 0 saturated carbocycles. The zero-order chi connectivity index (χ0) is 74.5. The summed E-state index contributed by atoms with van der Waals surface area (Å²) in [7, 11) is 0. The van der Waals surface area contributed by atoms with E-state index in [-0.39, 0.29) is 43.7 Å². The van der Waals surface area contributed by atoms with Gasteiger partial charge in [0, 0.05) is 31.3 Å². The van der Waals surface area contributed by atoms with Crippen molar-refractivity contribution in [3.05, 3.63) is 48.0 Å². The number of phenolic OH excluding ortho intramolecular Hbond substituents is 1. The van der Waals surface area contributed by atoms with E-state index in [9.17, 15) is 97.5 Å². The lowest BCUT2D eigenvalue weighted by Crippen LogP contribution is -2.62. The summed E-state index contributed by atoms with van der Waals surface area (Å²) in [5.74, 6) is -15.9. The molecule has 0 spiro atoms. The first-order valence-electron chi connectivity index (χ1n) is 32.4. The number of carbonyl (C=O) groups excluding carboxylic acids is 14. The molecule has 1 aliphatic rings. The second kappa shape index (κ2) is 40.7. The van der Waals surface area contributed by atoms with Gasteiger partial charge in [0.1, 0.15) is 72.2 Å². The summed E-state index contributed by atoms with van der Waals surface area (Å²) in [6.45, 7) is 10.5. The maximum atomic E-state index is 14.2. The van der Waals surface area contributed by atoms with Crippen LogP contribution in [0.3, 0.4) is 0 Å². The molecule has 0 bridgehead atoms. The number of aliphatic hydroxyl groups is 3. The number of amides is 14. The lowest BCUT2D eigenvalue weighted by Gasteiger charge is -2.33. The number of aromatic amines is 1. The lowest BCUT2D eigenvalue weighted by molar-refractivity contribution is -0.144. The molecule has 37 heteroatoms. The van der Waals surface area contributed by atoms with Crippen LogP contribution in [0.5, 0.6) is 5.75 Å². The van der Waals surface area contributed by atoms with Gasteiger partial charge in [0.25, 0.3) is 0 Å². The molecular formula is C62H97N17O20. The van der Waals surface area contributed by atoms with E-state index in [0.29, 0.717) is 24.8 Å². The molecular weight excluding hydrogens is 1300 g/mol. The summed E-state index contributed by atoms with van der Waals surface area (Å²) in [5.41, 5.74) is 11.7. The maximum absolute atomic E-state index is 14.2. The number of carbonyl (C=O) groups is 15. The molecule has 1 fully saturated rings. The van der Waals surface area contributed by atoms with Gasteiger partial charge in [-0.25, -0.2) is 9.78 Å². The Kier molecular flexibility index (Phi) is 34.3. The summed E-state index contributed by atoms with van der Waals surface area (Å²) in [5, 5.41) is 78.3. The number of aliphatic hydroxyl groups excluding tert-OH is 3. The first-order valence-corrected chi connectivity index (χ1v) is 32.4. The van der Waals surface area contributed by atoms with E-state index in [2.05, 4.69) is 68.5 Å². The summed E-state index contributed by atoms with van der Waals surface area (Å²) < 4.78 is 0. The molecule has 2 heterocycles. The van der Waals surface area contributed by atoms with Gasteiger partial charge in [0.15, 0.2) is 0 Å². The van der Waals surface area contributed by atoms with Gasteiger partial charge in [-0.1, -0.05) is 72.9 Å². The van der Waals surface area contributed by atoms with Gasteiger partial charge in [0.05, 0.1) is 51.2 Å². The minimum absolute atomic E-state index is 0.147. The fraction of sp³-hybridized carbons (Fsp3) is 0.613. The third-order valence-corrected chi connectivity index (χ3v) is 16.6. The number of aromatic hydroxyl groups is 1. The number of imidazole rings is 1. The number of carboxylic acids is 1. The van der Waals surface area contributed by atoms with Crippen molar-refractivity contribution in [3.63, 3.8) is 0 Å². The normalized spacial score (nSPS) is 17.2. The van der Waals surface area contributed by atoms with Gasteiger partial charge in [-0.05, 0) is 69.1 Å². The van der Waals surface area contributed by atoms with Crippen molar-refractivity contribution in [2.24, 2.45) is 29.2 Å². The van der Waals surface area contributed by atoms with Crippen molar-refractivity contribution < 1.29 is 97.5 Å². The molecule has 3 rings (SSSR count). The van der Waals surface area contributed by atoms with Crippen LogP contribution in [-0.4, -0.2) is 241 Å². The highest BCUT2D eigenvalue weighted by Gasteiger charge is 2.42. The van der Waals surface area contributed by atoms with E-state index in [1.807, 2.05) is 5.32 Å². The molecule has 1 aromatic heterocycles. The number of phenols is 1. The fourth-order valence-corrected chi connectivity index (χ4v) is 9.98. The summed E-state index contributed by atoms with van der Waals surface area (Å²) >= 11 is 0. The van der Waals surface area contributed by atoms with Crippen molar-refractivity contribution in [2.45, 2.75) is 192 Å². The zero-order valence-corrected chi connectivity index (χ0v) is 56.8. The van der Waals surface area contributed by atoms with Crippen LogP contribution in [0.15, 0.2) is 36.8 Å². The van der Waals surface area contributed by atoms with E-state index in [1.54, 1.807) is 41.5 Å². The average molecular weight is 1400 g/mol. The Morgan fingerprint density at radius 1 is 0.566 bits per heavy atom. The smallest absolute Gasteiger partial charge is 0.328 e. The summed E-state index contributed by atoms with van der Waals surface area (Å²) in [4.78, 5) is 207. The highest BCUT2D eigenvalue weighted by atomic mass is 16.4. The molecule has 14 amide bonds. The first-order chi connectivity index (χ1) is 46.6. The number of hydrogen-bond acceptors (Lipinski definition) is 21. The van der Waals surface area contributed by atoms with E-state index in [0.717, 1.165) is 6.92 Å². The van der Waals surface area contributed by atoms with Gasteiger partial charge in [-0.2, -0.15) is 0 Å². The molecule has 1 aliphatic heterocycles. The molecule has 1 aromatic carbocycles. The van der Waals surface area contributed by atoms with Gasteiger partial charge in [-0.15, -0.1) is 0 Å². The summed E-state index contributed by atoms with van der Waals surface area (Å²) in [6.07, 6.45) is 1.60. The second-order valence-corrected chi connectivity index (χ2v) is 24.4. The molecule has 16 atom stereocenters. The number of H-pyrrole nitrogens is 1. The second-order valence-electron chi connectivity index (χ2n) is 24.4. The SMILES string of the molecule is CC[C@H](C)[C@H](NC(=O)CNC(=O)[C@H](C)NC(=O)CNC(=O)[C@@H](NC(=O)[C@@H]1CCCN1C(=O)[C@@H](NC(=O)[C@@H](N)CC(N)=O)[C@@H](C)CC)[C@@H](C)CC)C(=O)N[C@@H](CO)C(=O)N[C@@H](C)C(=O)N[C@@H](Cc1ccc(O)cc1)C(=O)N[C@@H](Cc1cnc[nH]1)C(=O)N[C@H](C(=O)N[C@@H](CO)C(=O)O)[C@@H](C)O. The number of primary amides is 1. The number of nitrogens with two attached hydrogens (primary N) is 2. The third kappa shape index (κ3) is 26.5. The van der Waals surface area contributed by atoms with Gasteiger partial charge < -0.3 is 111 Å². The number of carboxylic acid groups (broad SMARTS) is 1. The van der Waals surface area contributed by atoms with Gasteiger partial charge in [0.2, 0.25) is 82.7 Å². The van der Waals surface area contributed by atoms with Crippen molar-refractivity contribution in [3.8, 4) is 5.75 Å². The zero-order valence-electron chi connectivity index (χ0n) is 56.8. The number of rotatable bonds is 41. The minimum atomic E-state index is -1.82. The highest BCUT2D eigenvalue weighted by Crippen LogP contribution is 2.23. The molecule has 550 valence electrons. The number of benzene rings is 1. The quantitative estimate of drug-likeness (QED) is 0.0294. The Balaban J connectivity index is 1.64. The highest BCUT2D eigenvalue weighted by molar-refractivity contribution is 6.00. The molecule has 99 heavy (non-hydrogen) atoms. The monoisotopic (exact) mass is 1400 g/mol. The number of aliphatic carboxylic acids is 1. The Morgan fingerprint density at radius 2 is 1.05 bits per heavy atom. The average Bonchev–Trinajstić information content (AvgIpc) is 1.74. The van der Waals surface area contributed by atoms with Crippen LogP contribution < -0.4 is 75.3 Å².